The van der Waals surface area contributed by atoms with Gasteiger partial charge in [0.2, 0.25) is 5.12 Å². The number of carbonyl (C=O) groups excluding carboxylic acids is 2. The number of hydrogen-bond acceptors (Lipinski definition) is 4. The summed E-state index contributed by atoms with van der Waals surface area (Å²) in [4.78, 5) is 23.0. The number of halogens is 2. The molecule has 1 fully saturated rings. The van der Waals surface area contributed by atoms with Crippen molar-refractivity contribution in [3.8, 4) is 5.75 Å². The van der Waals surface area contributed by atoms with E-state index in [2.05, 4.69) is 5.32 Å². The van der Waals surface area contributed by atoms with Gasteiger partial charge in [0.05, 0.1) is 11.1 Å². The van der Waals surface area contributed by atoms with E-state index in [4.69, 9.17) is 27.9 Å². The van der Waals surface area contributed by atoms with Crippen LogP contribution in [0.25, 0.3) is 0 Å². The highest BCUT2D eigenvalue weighted by Gasteiger charge is 2.26. The maximum absolute atomic E-state index is 11.6. The van der Waals surface area contributed by atoms with E-state index >= 15 is 0 Å². The molecule has 0 aliphatic carbocycles. The van der Waals surface area contributed by atoms with Gasteiger partial charge in [-0.05, 0) is 24.6 Å². The van der Waals surface area contributed by atoms with Crippen molar-refractivity contribution in [2.75, 3.05) is 12.4 Å². The Labute approximate surface area is 124 Å². The van der Waals surface area contributed by atoms with Crippen LogP contribution in [0.15, 0.2) is 18.2 Å². The molecule has 19 heavy (non-hydrogen) atoms. The Balaban J connectivity index is 1.84. The number of benzene rings is 1. The molecule has 1 amide bonds. The molecule has 1 saturated heterocycles. The maximum atomic E-state index is 11.6. The molecule has 0 bridgehead atoms. The van der Waals surface area contributed by atoms with Crippen molar-refractivity contribution in [1.29, 1.82) is 0 Å². The number of ether oxygens (including phenoxy) is 1. The van der Waals surface area contributed by atoms with Crippen LogP contribution in [-0.4, -0.2) is 29.4 Å². The zero-order valence-corrected chi connectivity index (χ0v) is 12.1. The van der Waals surface area contributed by atoms with E-state index in [0.29, 0.717) is 22.2 Å². The molecule has 0 saturated carbocycles. The quantitative estimate of drug-likeness (QED) is 0.926. The fourth-order valence-electron chi connectivity index (χ4n) is 1.60. The largest absolute Gasteiger partial charge is 0.482 e. The first-order chi connectivity index (χ1) is 9.06. The minimum absolute atomic E-state index is 0.00197. The van der Waals surface area contributed by atoms with Gasteiger partial charge in [0.1, 0.15) is 5.75 Å². The standard InChI is InChI=1S/C12H11Cl2NO3S/c13-7-1-2-10(8(14)5-7)18-6-11(16)15-9-3-4-19-12(9)17/h1-2,5,9H,3-4,6H2,(H,15,16)/t9-/m1/s1. The van der Waals surface area contributed by atoms with Crippen LogP contribution in [0, 0.1) is 0 Å². The van der Waals surface area contributed by atoms with Crippen LogP contribution in [0.1, 0.15) is 6.42 Å². The molecular weight excluding hydrogens is 309 g/mol. The highest BCUT2D eigenvalue weighted by Crippen LogP contribution is 2.27. The lowest BCUT2D eigenvalue weighted by atomic mass is 10.2. The van der Waals surface area contributed by atoms with Gasteiger partial charge in [0.15, 0.2) is 6.61 Å². The topological polar surface area (TPSA) is 55.4 Å². The number of carbonyl (C=O) groups is 2. The summed E-state index contributed by atoms with van der Waals surface area (Å²) < 4.78 is 5.28. The van der Waals surface area contributed by atoms with Crippen LogP contribution >= 0.6 is 35.0 Å². The zero-order chi connectivity index (χ0) is 13.8. The van der Waals surface area contributed by atoms with E-state index in [0.717, 1.165) is 5.75 Å². The van der Waals surface area contributed by atoms with E-state index in [1.807, 2.05) is 0 Å². The molecule has 0 spiro atoms. The van der Waals surface area contributed by atoms with Gasteiger partial charge in [0.25, 0.3) is 5.91 Å². The molecule has 1 aromatic rings. The SMILES string of the molecule is O=C(COc1ccc(Cl)cc1Cl)N[C@@H]1CCSC1=O. The van der Waals surface area contributed by atoms with Gasteiger partial charge >= 0.3 is 0 Å². The second kappa shape index (κ2) is 6.50. The van der Waals surface area contributed by atoms with Crippen LogP contribution in [-0.2, 0) is 9.59 Å². The molecule has 0 radical (unpaired) electrons. The number of rotatable bonds is 4. The third kappa shape index (κ3) is 4.03. The highest BCUT2D eigenvalue weighted by molar-refractivity contribution is 8.14. The molecule has 1 aromatic carbocycles. The first-order valence-electron chi connectivity index (χ1n) is 5.60. The summed E-state index contributed by atoms with van der Waals surface area (Å²) in [6.07, 6.45) is 0.664. The smallest absolute Gasteiger partial charge is 0.258 e. The molecule has 1 atom stereocenters. The van der Waals surface area contributed by atoms with E-state index in [-0.39, 0.29) is 17.6 Å². The first-order valence-corrected chi connectivity index (χ1v) is 7.34. The lowest BCUT2D eigenvalue weighted by Gasteiger charge is -2.11. The molecule has 102 valence electrons. The summed E-state index contributed by atoms with van der Waals surface area (Å²) in [7, 11) is 0. The molecular formula is C12H11Cl2NO3S. The molecule has 7 heteroatoms. The third-order valence-electron chi connectivity index (χ3n) is 2.52. The van der Waals surface area contributed by atoms with Gasteiger partial charge in [-0.25, -0.2) is 0 Å². The molecule has 1 aliphatic rings. The highest BCUT2D eigenvalue weighted by atomic mass is 35.5. The summed E-state index contributed by atoms with van der Waals surface area (Å²) in [5, 5.41) is 3.46. The molecule has 1 N–H and O–H groups in total. The minimum Gasteiger partial charge on any atom is -0.482 e. The van der Waals surface area contributed by atoms with Gasteiger partial charge in [0, 0.05) is 10.8 Å². The average molecular weight is 320 g/mol. The Bertz CT molecular complexity index is 510. The Morgan fingerprint density at radius 2 is 2.26 bits per heavy atom. The normalized spacial score (nSPS) is 18.4. The van der Waals surface area contributed by atoms with Crippen LogP contribution in [0.2, 0.25) is 10.0 Å². The minimum atomic E-state index is -0.401. The number of thioether (sulfide) groups is 1. The van der Waals surface area contributed by atoms with Gasteiger partial charge in [-0.15, -0.1) is 0 Å². The second-order valence-corrected chi connectivity index (χ2v) is 5.88. The van der Waals surface area contributed by atoms with Gasteiger partial charge in [-0.3, -0.25) is 9.59 Å². The molecule has 2 rings (SSSR count). The van der Waals surface area contributed by atoms with Gasteiger partial charge in [-0.1, -0.05) is 35.0 Å². The summed E-state index contributed by atoms with van der Waals surface area (Å²) in [6.45, 7) is -0.185. The van der Waals surface area contributed by atoms with E-state index in [1.54, 1.807) is 12.1 Å². The van der Waals surface area contributed by atoms with E-state index in [9.17, 15) is 9.59 Å². The Kier molecular flexibility index (Phi) is 4.96. The Morgan fingerprint density at radius 3 is 2.89 bits per heavy atom. The molecule has 0 aromatic heterocycles. The first kappa shape index (κ1) is 14.5. The van der Waals surface area contributed by atoms with E-state index < -0.39 is 6.04 Å². The Hall–Kier alpha value is -0.910. The van der Waals surface area contributed by atoms with Crippen molar-refractivity contribution in [2.45, 2.75) is 12.5 Å². The molecule has 4 nitrogen and oxygen atoms in total. The zero-order valence-electron chi connectivity index (χ0n) is 9.82. The Morgan fingerprint density at radius 1 is 1.47 bits per heavy atom. The van der Waals surface area contributed by atoms with Gasteiger partial charge in [-0.2, -0.15) is 0 Å². The molecule has 0 unspecified atom stereocenters. The maximum Gasteiger partial charge on any atom is 0.258 e. The predicted octanol–water partition coefficient (Wildman–Crippen LogP) is 2.52. The number of amides is 1. The fourth-order valence-corrected chi connectivity index (χ4v) is 2.99. The van der Waals surface area contributed by atoms with Gasteiger partial charge < -0.3 is 10.1 Å². The average Bonchev–Trinajstić information content (AvgIpc) is 2.74. The van der Waals surface area contributed by atoms with Crippen molar-refractivity contribution in [1.82, 2.24) is 5.32 Å². The van der Waals surface area contributed by atoms with Crippen LogP contribution in [0.5, 0.6) is 5.75 Å². The lowest BCUT2D eigenvalue weighted by molar-refractivity contribution is -0.126. The summed E-state index contributed by atoms with van der Waals surface area (Å²) in [5.41, 5.74) is 0. The van der Waals surface area contributed by atoms with Crippen LogP contribution in [0.3, 0.4) is 0 Å². The van der Waals surface area contributed by atoms with Crippen molar-refractivity contribution in [3.63, 3.8) is 0 Å². The van der Waals surface area contributed by atoms with E-state index in [1.165, 1.54) is 17.8 Å². The van der Waals surface area contributed by atoms with Crippen LogP contribution in [0.4, 0.5) is 0 Å². The predicted molar refractivity (Wildman–Crippen MR) is 76.0 cm³/mol. The second-order valence-electron chi connectivity index (χ2n) is 3.94. The number of hydrogen-bond donors (Lipinski definition) is 1. The number of nitrogens with one attached hydrogen (secondary N) is 1. The third-order valence-corrected chi connectivity index (χ3v) is 4.06. The summed E-state index contributed by atoms with van der Waals surface area (Å²) in [6, 6.07) is 4.35. The molecule has 1 aliphatic heterocycles. The lowest BCUT2D eigenvalue weighted by Crippen LogP contribution is -2.39. The fraction of sp³-hybridized carbons (Fsp3) is 0.333. The van der Waals surface area contributed by atoms with Crippen molar-refractivity contribution >= 4 is 46.0 Å². The van der Waals surface area contributed by atoms with Crippen molar-refractivity contribution < 1.29 is 14.3 Å². The summed E-state index contributed by atoms with van der Waals surface area (Å²) in [5.74, 6) is 0.786. The van der Waals surface area contributed by atoms with Crippen LogP contribution < -0.4 is 10.1 Å². The van der Waals surface area contributed by atoms with Crippen molar-refractivity contribution in [2.24, 2.45) is 0 Å². The summed E-state index contributed by atoms with van der Waals surface area (Å²) >= 11 is 12.9. The molecule has 1 heterocycles. The monoisotopic (exact) mass is 319 g/mol. The van der Waals surface area contributed by atoms with Crippen molar-refractivity contribution in [3.05, 3.63) is 28.2 Å².